The van der Waals surface area contributed by atoms with Crippen molar-refractivity contribution in [2.75, 3.05) is 5.33 Å². The van der Waals surface area contributed by atoms with Gasteiger partial charge in [0.1, 0.15) is 0 Å². The molecule has 0 aliphatic heterocycles. The molecule has 0 fully saturated rings. The highest BCUT2D eigenvalue weighted by atomic mass is 79.9. The van der Waals surface area contributed by atoms with E-state index in [2.05, 4.69) is 27.5 Å². The third kappa shape index (κ3) is 5.50. The van der Waals surface area contributed by atoms with E-state index in [1.807, 2.05) is 13.0 Å². The van der Waals surface area contributed by atoms with Crippen LogP contribution in [0, 0.1) is 0 Å². The van der Waals surface area contributed by atoms with Crippen LogP contribution < -0.4 is 0 Å². The smallest absolute Gasteiger partial charge is 0.0267 e. The SMILES string of the molecule is C=CN=C/C=C(\C)CBr. The molecule has 0 aromatic carbocycles. The number of aliphatic imine (C=N–C) groups is 1. The topological polar surface area (TPSA) is 12.4 Å². The van der Waals surface area contributed by atoms with Gasteiger partial charge in [-0.2, -0.15) is 0 Å². The number of rotatable bonds is 3. The normalized spacial score (nSPS) is 12.4. The van der Waals surface area contributed by atoms with E-state index in [0.717, 1.165) is 5.33 Å². The second-order valence-electron chi connectivity index (χ2n) is 1.63. The van der Waals surface area contributed by atoms with E-state index >= 15 is 0 Å². The molecule has 0 saturated carbocycles. The molecule has 1 nitrogen and oxygen atoms in total. The maximum absolute atomic E-state index is 3.80. The van der Waals surface area contributed by atoms with Crippen LogP contribution in [-0.2, 0) is 0 Å². The van der Waals surface area contributed by atoms with E-state index in [1.165, 1.54) is 11.8 Å². The van der Waals surface area contributed by atoms with Crippen molar-refractivity contribution < 1.29 is 0 Å². The summed E-state index contributed by atoms with van der Waals surface area (Å²) in [7, 11) is 0. The summed E-state index contributed by atoms with van der Waals surface area (Å²) >= 11 is 3.31. The third-order valence-corrected chi connectivity index (χ3v) is 1.65. The number of hydrogen-bond donors (Lipinski definition) is 0. The second kappa shape index (κ2) is 5.76. The van der Waals surface area contributed by atoms with E-state index in [-0.39, 0.29) is 0 Å². The van der Waals surface area contributed by atoms with Gasteiger partial charge in [-0.25, -0.2) is 0 Å². The summed E-state index contributed by atoms with van der Waals surface area (Å²) in [5.74, 6) is 0. The molecule has 0 spiro atoms. The van der Waals surface area contributed by atoms with Crippen molar-refractivity contribution >= 4 is 22.1 Å². The van der Waals surface area contributed by atoms with Crippen LogP contribution in [0.25, 0.3) is 0 Å². The Labute approximate surface area is 64.3 Å². The Balaban J connectivity index is 3.67. The number of nitrogens with zero attached hydrogens (tertiary/aromatic N) is 1. The summed E-state index contributed by atoms with van der Waals surface area (Å²) in [4.78, 5) is 3.80. The Morgan fingerprint density at radius 3 is 2.89 bits per heavy atom. The van der Waals surface area contributed by atoms with Gasteiger partial charge in [-0.05, 0) is 13.0 Å². The minimum Gasteiger partial charge on any atom is -0.265 e. The Morgan fingerprint density at radius 2 is 2.44 bits per heavy atom. The van der Waals surface area contributed by atoms with Gasteiger partial charge in [0.25, 0.3) is 0 Å². The van der Waals surface area contributed by atoms with Crippen LogP contribution in [0.5, 0.6) is 0 Å². The second-order valence-corrected chi connectivity index (χ2v) is 2.19. The number of hydrogen-bond acceptors (Lipinski definition) is 1. The molecule has 0 heterocycles. The molecule has 0 saturated heterocycles. The van der Waals surface area contributed by atoms with Crippen LogP contribution >= 0.6 is 15.9 Å². The fraction of sp³-hybridized carbons (Fsp3) is 0.286. The molecular weight excluding hydrogens is 178 g/mol. The van der Waals surface area contributed by atoms with Crippen molar-refractivity contribution in [3.05, 3.63) is 24.4 Å². The molecule has 0 aromatic heterocycles. The van der Waals surface area contributed by atoms with Gasteiger partial charge >= 0.3 is 0 Å². The maximum Gasteiger partial charge on any atom is 0.0267 e. The molecular formula is C7H10BrN. The first kappa shape index (κ1) is 8.63. The molecule has 0 N–H and O–H groups in total. The van der Waals surface area contributed by atoms with Crippen LogP contribution in [0.4, 0.5) is 0 Å². The minimum atomic E-state index is 0.899. The van der Waals surface area contributed by atoms with Gasteiger partial charge in [-0.3, -0.25) is 4.99 Å². The molecule has 0 aliphatic rings. The van der Waals surface area contributed by atoms with E-state index < -0.39 is 0 Å². The van der Waals surface area contributed by atoms with Crippen molar-refractivity contribution in [1.29, 1.82) is 0 Å². The first-order valence-electron chi connectivity index (χ1n) is 2.67. The third-order valence-electron chi connectivity index (χ3n) is 0.761. The molecule has 0 unspecified atom stereocenters. The van der Waals surface area contributed by atoms with E-state index in [4.69, 9.17) is 0 Å². The quantitative estimate of drug-likeness (QED) is 0.476. The van der Waals surface area contributed by atoms with Gasteiger partial charge in [-0.1, -0.05) is 28.1 Å². The molecule has 0 amide bonds. The van der Waals surface area contributed by atoms with Crippen LogP contribution in [0.1, 0.15) is 6.92 Å². The highest BCUT2D eigenvalue weighted by Gasteiger charge is 1.78. The molecule has 2 heteroatoms. The standard InChI is InChI=1S/C7H10BrN/c1-3-9-5-4-7(2)6-8/h3-5H,1,6H2,2H3/b7-4+,9-5?. The van der Waals surface area contributed by atoms with Crippen LogP contribution in [0.2, 0.25) is 0 Å². The average molecular weight is 188 g/mol. The summed E-state index contributed by atoms with van der Waals surface area (Å²) in [6, 6.07) is 0. The zero-order valence-corrected chi connectivity index (χ0v) is 7.06. The molecule has 0 radical (unpaired) electrons. The highest BCUT2D eigenvalue weighted by Crippen LogP contribution is 1.94. The summed E-state index contributed by atoms with van der Waals surface area (Å²) in [6.07, 6.45) is 5.18. The number of halogens is 1. The predicted molar refractivity (Wildman–Crippen MR) is 46.2 cm³/mol. The Hall–Kier alpha value is -0.370. The lowest BCUT2D eigenvalue weighted by Gasteiger charge is -1.85. The van der Waals surface area contributed by atoms with E-state index in [9.17, 15) is 0 Å². The van der Waals surface area contributed by atoms with Crippen LogP contribution in [0.15, 0.2) is 29.4 Å². The minimum absolute atomic E-state index is 0.899. The van der Waals surface area contributed by atoms with Gasteiger partial charge in [-0.15, -0.1) is 0 Å². The number of alkyl halides is 1. The van der Waals surface area contributed by atoms with Crippen molar-refractivity contribution in [3.8, 4) is 0 Å². The van der Waals surface area contributed by atoms with Crippen LogP contribution in [-0.4, -0.2) is 11.5 Å². The fourth-order valence-corrected chi connectivity index (χ4v) is 0.463. The maximum atomic E-state index is 3.80. The molecule has 0 rings (SSSR count). The fourth-order valence-electron chi connectivity index (χ4n) is 0.276. The van der Waals surface area contributed by atoms with Gasteiger partial charge < -0.3 is 0 Å². The molecule has 50 valence electrons. The molecule has 0 bridgehead atoms. The molecule has 9 heavy (non-hydrogen) atoms. The summed E-state index contributed by atoms with van der Waals surface area (Å²) in [5, 5.41) is 0.899. The first-order chi connectivity index (χ1) is 4.31. The zero-order chi connectivity index (χ0) is 7.11. The van der Waals surface area contributed by atoms with Gasteiger partial charge in [0.05, 0.1) is 0 Å². The Morgan fingerprint density at radius 1 is 1.78 bits per heavy atom. The molecule has 0 aromatic rings. The molecule has 0 aliphatic carbocycles. The van der Waals surface area contributed by atoms with Crippen molar-refractivity contribution in [1.82, 2.24) is 0 Å². The lowest BCUT2D eigenvalue weighted by atomic mass is 10.3. The first-order valence-corrected chi connectivity index (χ1v) is 3.79. The monoisotopic (exact) mass is 187 g/mol. The molecule has 0 atom stereocenters. The van der Waals surface area contributed by atoms with Crippen molar-refractivity contribution in [3.63, 3.8) is 0 Å². The summed E-state index contributed by atoms with van der Waals surface area (Å²) < 4.78 is 0. The van der Waals surface area contributed by atoms with E-state index in [0.29, 0.717) is 0 Å². The average Bonchev–Trinajstić information content (AvgIpc) is 1.89. The van der Waals surface area contributed by atoms with Crippen molar-refractivity contribution in [2.24, 2.45) is 4.99 Å². The van der Waals surface area contributed by atoms with E-state index in [1.54, 1.807) is 6.21 Å². The lowest BCUT2D eigenvalue weighted by molar-refractivity contribution is 1.44. The lowest BCUT2D eigenvalue weighted by Crippen LogP contribution is -1.75. The van der Waals surface area contributed by atoms with Crippen molar-refractivity contribution in [2.45, 2.75) is 6.92 Å². The zero-order valence-electron chi connectivity index (χ0n) is 5.47. The Bertz CT molecular complexity index is 136. The predicted octanol–water partition coefficient (Wildman–Crippen LogP) is 2.54. The Kier molecular flexibility index (Phi) is 5.52. The van der Waals surface area contributed by atoms with Gasteiger partial charge in [0.2, 0.25) is 0 Å². The summed E-state index contributed by atoms with van der Waals surface area (Å²) in [6.45, 7) is 5.48. The number of allylic oxidation sites excluding steroid dienone is 2. The van der Waals surface area contributed by atoms with Gasteiger partial charge in [0, 0.05) is 17.7 Å². The largest absolute Gasteiger partial charge is 0.265 e. The van der Waals surface area contributed by atoms with Crippen LogP contribution in [0.3, 0.4) is 0 Å². The highest BCUT2D eigenvalue weighted by molar-refractivity contribution is 9.09. The van der Waals surface area contributed by atoms with Gasteiger partial charge in [0.15, 0.2) is 0 Å². The summed E-state index contributed by atoms with van der Waals surface area (Å²) in [5.41, 5.74) is 1.25.